The lowest BCUT2D eigenvalue weighted by Gasteiger charge is -2.15. The highest BCUT2D eigenvalue weighted by Gasteiger charge is 2.12. The van der Waals surface area contributed by atoms with E-state index in [1.807, 2.05) is 31.2 Å². The molecule has 4 heteroatoms. The quantitative estimate of drug-likeness (QED) is 0.121. The van der Waals surface area contributed by atoms with Crippen LogP contribution in [0, 0.1) is 6.92 Å². The first kappa shape index (κ1) is 31.3. The van der Waals surface area contributed by atoms with E-state index in [0.717, 1.165) is 52.0 Å². The Morgan fingerprint density at radius 1 is 0.750 bits per heavy atom. The number of rotatable bonds is 19. The Balaban J connectivity index is 1.82. The van der Waals surface area contributed by atoms with Gasteiger partial charge in [0.05, 0.1) is 13.2 Å². The highest BCUT2D eigenvalue weighted by molar-refractivity contribution is 5.95. The predicted octanol–water partition coefficient (Wildman–Crippen LogP) is 10.5. The Labute approximate surface area is 242 Å². The van der Waals surface area contributed by atoms with Gasteiger partial charge < -0.3 is 14.6 Å². The first-order valence-corrected chi connectivity index (χ1v) is 15.4. The van der Waals surface area contributed by atoms with Crippen molar-refractivity contribution in [2.45, 2.75) is 97.8 Å². The Morgan fingerprint density at radius 2 is 1.30 bits per heavy atom. The van der Waals surface area contributed by atoms with Crippen LogP contribution in [-0.2, 0) is 0 Å². The number of hydrogen-bond donors (Lipinski definition) is 1. The Morgan fingerprint density at radius 3 is 1.93 bits per heavy atom. The van der Waals surface area contributed by atoms with Crippen molar-refractivity contribution in [2.24, 2.45) is 0 Å². The molecule has 0 spiro atoms. The monoisotopic (exact) mass is 543 g/mol. The molecule has 1 N–H and O–H groups in total. The van der Waals surface area contributed by atoms with Crippen LogP contribution in [0.15, 0.2) is 43.1 Å². The average Bonchev–Trinajstić information content (AvgIpc) is 2.97. The molecular weight excluding hydrogens is 494 g/mol. The maximum Gasteiger partial charge on any atom is 0.144 e. The molecule has 0 unspecified atom stereocenters. The van der Waals surface area contributed by atoms with Gasteiger partial charge >= 0.3 is 0 Å². The van der Waals surface area contributed by atoms with Crippen LogP contribution in [0.4, 0.5) is 0 Å². The maximum absolute atomic E-state index is 10.5. The summed E-state index contributed by atoms with van der Waals surface area (Å²) in [4.78, 5) is 4.41. The first-order chi connectivity index (χ1) is 19.6. The molecule has 4 nitrogen and oxygen atoms in total. The number of benzene rings is 2. The fraction of sp³-hybridized carbons (Fsp3) is 0.472. The maximum atomic E-state index is 10.5. The molecule has 0 radical (unpaired) electrons. The minimum atomic E-state index is 0.233. The SMILES string of the molecule is C=Cc1cc(OCCCCCCCC)c(/C=C/c2cc(C)c(O)c3ncccc23)cc1OCCCCCCCC. The van der Waals surface area contributed by atoms with Gasteiger partial charge in [0.1, 0.15) is 22.8 Å². The molecule has 0 aliphatic carbocycles. The van der Waals surface area contributed by atoms with Crippen LogP contribution in [0.2, 0.25) is 0 Å². The number of aromatic hydroxyl groups is 1. The van der Waals surface area contributed by atoms with Gasteiger partial charge in [-0.3, -0.25) is 4.98 Å². The van der Waals surface area contributed by atoms with E-state index in [1.54, 1.807) is 6.20 Å². The van der Waals surface area contributed by atoms with Gasteiger partial charge in [0.15, 0.2) is 0 Å². The topological polar surface area (TPSA) is 51.6 Å². The van der Waals surface area contributed by atoms with E-state index in [4.69, 9.17) is 9.47 Å². The van der Waals surface area contributed by atoms with E-state index in [1.165, 1.54) is 64.2 Å². The highest BCUT2D eigenvalue weighted by atomic mass is 16.5. The van der Waals surface area contributed by atoms with E-state index >= 15 is 0 Å². The van der Waals surface area contributed by atoms with Crippen LogP contribution >= 0.6 is 0 Å². The molecule has 1 heterocycles. The van der Waals surface area contributed by atoms with E-state index in [0.29, 0.717) is 18.7 Å². The number of ether oxygens (including phenoxy) is 2. The Bertz CT molecular complexity index is 1230. The molecule has 3 rings (SSSR count). The molecule has 216 valence electrons. The summed E-state index contributed by atoms with van der Waals surface area (Å²) in [6.45, 7) is 11.8. The lowest BCUT2D eigenvalue weighted by atomic mass is 10.0. The molecule has 2 aromatic carbocycles. The molecule has 0 fully saturated rings. The third-order valence-electron chi connectivity index (χ3n) is 7.40. The van der Waals surface area contributed by atoms with Gasteiger partial charge in [-0.2, -0.15) is 0 Å². The third kappa shape index (κ3) is 9.43. The van der Waals surface area contributed by atoms with Gasteiger partial charge in [-0.15, -0.1) is 0 Å². The lowest BCUT2D eigenvalue weighted by molar-refractivity contribution is 0.295. The van der Waals surface area contributed by atoms with Crippen LogP contribution in [0.3, 0.4) is 0 Å². The van der Waals surface area contributed by atoms with Crippen LogP contribution < -0.4 is 9.47 Å². The van der Waals surface area contributed by atoms with E-state index in [2.05, 4.69) is 49.7 Å². The zero-order valence-corrected chi connectivity index (χ0v) is 25.0. The normalized spacial score (nSPS) is 11.4. The number of phenolic OH excluding ortho intramolecular Hbond substituents is 1. The van der Waals surface area contributed by atoms with Gasteiger partial charge in [-0.05, 0) is 55.2 Å². The lowest BCUT2D eigenvalue weighted by Crippen LogP contribution is -2.03. The molecule has 40 heavy (non-hydrogen) atoms. The second kappa shape index (κ2) is 17.4. The van der Waals surface area contributed by atoms with Crippen LogP contribution in [0.1, 0.15) is 113 Å². The van der Waals surface area contributed by atoms with Gasteiger partial charge in [-0.25, -0.2) is 0 Å². The summed E-state index contributed by atoms with van der Waals surface area (Å²) in [6.07, 6.45) is 22.4. The summed E-state index contributed by atoms with van der Waals surface area (Å²) in [6, 6.07) is 10.0. The zero-order valence-electron chi connectivity index (χ0n) is 25.0. The molecule has 0 atom stereocenters. The van der Waals surface area contributed by atoms with Crippen LogP contribution in [-0.4, -0.2) is 23.3 Å². The summed E-state index contributed by atoms with van der Waals surface area (Å²) >= 11 is 0. The standard InChI is InChI=1S/C36H49NO3/c1-5-8-10-12-14-16-23-39-33-27-31(34(26-29(33)7-3)40-24-17-15-13-11-9-6-2)21-20-30-25-28(4)36(38)35-32(30)19-18-22-37-35/h7,18-22,25-27,38H,3,5-6,8-17,23-24H2,1-2,4H3/b21-20+. The van der Waals surface area contributed by atoms with Crippen molar-refractivity contribution in [3.05, 3.63) is 65.4 Å². The fourth-order valence-electron chi connectivity index (χ4n) is 4.97. The van der Waals surface area contributed by atoms with Gasteiger partial charge in [0.25, 0.3) is 0 Å². The van der Waals surface area contributed by atoms with Gasteiger partial charge in [0.2, 0.25) is 0 Å². The number of nitrogens with zero attached hydrogens (tertiary/aromatic N) is 1. The van der Waals surface area contributed by atoms with E-state index < -0.39 is 0 Å². The van der Waals surface area contributed by atoms with Crippen molar-refractivity contribution in [3.8, 4) is 17.2 Å². The van der Waals surface area contributed by atoms with Crippen LogP contribution in [0.25, 0.3) is 29.1 Å². The minimum absolute atomic E-state index is 0.233. The molecule has 0 saturated carbocycles. The number of pyridine rings is 1. The van der Waals surface area contributed by atoms with Gasteiger partial charge in [-0.1, -0.05) is 109 Å². The minimum Gasteiger partial charge on any atom is -0.505 e. The van der Waals surface area contributed by atoms with E-state index in [9.17, 15) is 5.11 Å². The number of hydrogen-bond acceptors (Lipinski definition) is 4. The molecule has 0 amide bonds. The number of unbranched alkanes of at least 4 members (excludes halogenated alkanes) is 10. The Kier molecular flexibility index (Phi) is 13.6. The second-order valence-electron chi connectivity index (χ2n) is 10.7. The van der Waals surface area contributed by atoms with Crippen molar-refractivity contribution in [1.82, 2.24) is 4.98 Å². The average molecular weight is 544 g/mol. The smallest absolute Gasteiger partial charge is 0.144 e. The molecule has 0 aliphatic rings. The fourth-order valence-corrected chi connectivity index (χ4v) is 4.97. The molecule has 0 aliphatic heterocycles. The summed E-state index contributed by atoms with van der Waals surface area (Å²) in [5.74, 6) is 1.91. The summed E-state index contributed by atoms with van der Waals surface area (Å²) in [5.41, 5.74) is 4.35. The predicted molar refractivity (Wildman–Crippen MR) is 171 cm³/mol. The van der Waals surface area contributed by atoms with Crippen molar-refractivity contribution in [2.75, 3.05) is 13.2 Å². The highest BCUT2D eigenvalue weighted by Crippen LogP contribution is 2.34. The van der Waals surface area contributed by atoms with E-state index in [-0.39, 0.29) is 5.75 Å². The van der Waals surface area contributed by atoms with Crippen molar-refractivity contribution < 1.29 is 14.6 Å². The summed E-state index contributed by atoms with van der Waals surface area (Å²) < 4.78 is 12.6. The Hall–Kier alpha value is -3.27. The molecule has 1 aromatic heterocycles. The van der Waals surface area contributed by atoms with Gasteiger partial charge in [0, 0.05) is 22.7 Å². The third-order valence-corrected chi connectivity index (χ3v) is 7.40. The summed E-state index contributed by atoms with van der Waals surface area (Å²) in [5, 5.41) is 11.4. The summed E-state index contributed by atoms with van der Waals surface area (Å²) in [7, 11) is 0. The molecule has 3 aromatic rings. The number of aromatic nitrogens is 1. The van der Waals surface area contributed by atoms with Crippen molar-refractivity contribution >= 4 is 29.1 Å². The molecule has 0 saturated heterocycles. The zero-order chi connectivity index (χ0) is 28.6. The first-order valence-electron chi connectivity index (χ1n) is 15.4. The van der Waals surface area contributed by atoms with Crippen LogP contribution in [0.5, 0.6) is 17.2 Å². The number of phenols is 1. The number of aryl methyl sites for hydroxylation is 1. The molecular formula is C36H49NO3. The number of fused-ring (bicyclic) bond motifs is 1. The van der Waals surface area contributed by atoms with Crippen molar-refractivity contribution in [1.29, 1.82) is 0 Å². The molecule has 0 bridgehead atoms. The van der Waals surface area contributed by atoms with Crippen molar-refractivity contribution in [3.63, 3.8) is 0 Å². The second-order valence-corrected chi connectivity index (χ2v) is 10.7. The largest absolute Gasteiger partial charge is 0.505 e.